The molecule has 114 valence electrons. The second-order valence-electron chi connectivity index (χ2n) is 5.33. The van der Waals surface area contributed by atoms with Crippen LogP contribution in [-0.4, -0.2) is 29.0 Å². The number of nitrogens with one attached hydrogen (secondary N) is 1. The predicted octanol–water partition coefficient (Wildman–Crippen LogP) is 2.99. The minimum Gasteiger partial charge on any atom is -0.340 e. The first kappa shape index (κ1) is 14.8. The minimum atomic E-state index is -0.0727. The third-order valence-electron chi connectivity index (χ3n) is 3.72. The van der Waals surface area contributed by atoms with E-state index in [1.54, 1.807) is 30.6 Å². The SMILES string of the molecule is O=C(Nc1cccc(Cl)c1)[C@@H]1CCCN(c2ncccn2)C1. The summed E-state index contributed by atoms with van der Waals surface area (Å²) >= 11 is 5.94. The quantitative estimate of drug-likeness (QED) is 0.945. The van der Waals surface area contributed by atoms with Crippen molar-refractivity contribution in [1.82, 2.24) is 9.97 Å². The molecule has 5 nitrogen and oxygen atoms in total. The third kappa shape index (κ3) is 3.54. The zero-order chi connectivity index (χ0) is 15.4. The molecule has 1 aliphatic heterocycles. The van der Waals surface area contributed by atoms with Crippen LogP contribution in [0.4, 0.5) is 11.6 Å². The van der Waals surface area contributed by atoms with Crippen LogP contribution in [0.15, 0.2) is 42.7 Å². The molecule has 1 atom stereocenters. The van der Waals surface area contributed by atoms with Crippen LogP contribution in [0.2, 0.25) is 5.02 Å². The van der Waals surface area contributed by atoms with Gasteiger partial charge in [-0.05, 0) is 37.1 Å². The van der Waals surface area contributed by atoms with E-state index in [1.807, 2.05) is 12.1 Å². The molecule has 1 aromatic carbocycles. The zero-order valence-corrected chi connectivity index (χ0v) is 12.8. The van der Waals surface area contributed by atoms with Crippen molar-refractivity contribution in [2.24, 2.45) is 5.92 Å². The number of hydrogen-bond donors (Lipinski definition) is 1. The van der Waals surface area contributed by atoms with E-state index in [0.29, 0.717) is 17.5 Å². The number of hydrogen-bond acceptors (Lipinski definition) is 4. The third-order valence-corrected chi connectivity index (χ3v) is 3.95. The van der Waals surface area contributed by atoms with E-state index in [4.69, 9.17) is 11.6 Å². The highest BCUT2D eigenvalue weighted by Gasteiger charge is 2.27. The van der Waals surface area contributed by atoms with Crippen molar-refractivity contribution < 1.29 is 4.79 Å². The van der Waals surface area contributed by atoms with Crippen LogP contribution in [0, 0.1) is 5.92 Å². The monoisotopic (exact) mass is 316 g/mol. The van der Waals surface area contributed by atoms with E-state index >= 15 is 0 Å². The highest BCUT2D eigenvalue weighted by atomic mass is 35.5. The Labute approximate surface area is 134 Å². The molecule has 0 bridgehead atoms. The Morgan fingerprint density at radius 3 is 2.86 bits per heavy atom. The fraction of sp³-hybridized carbons (Fsp3) is 0.312. The van der Waals surface area contributed by atoms with Crippen LogP contribution in [0.25, 0.3) is 0 Å². The topological polar surface area (TPSA) is 58.1 Å². The number of nitrogens with zero attached hydrogens (tertiary/aromatic N) is 3. The highest BCUT2D eigenvalue weighted by Crippen LogP contribution is 2.22. The number of anilines is 2. The Kier molecular flexibility index (Phi) is 4.53. The van der Waals surface area contributed by atoms with Gasteiger partial charge in [0.2, 0.25) is 11.9 Å². The maximum Gasteiger partial charge on any atom is 0.229 e. The number of carbonyl (C=O) groups is 1. The molecule has 0 unspecified atom stereocenters. The number of benzene rings is 1. The number of aromatic nitrogens is 2. The summed E-state index contributed by atoms with van der Waals surface area (Å²) in [5.74, 6) is 0.627. The van der Waals surface area contributed by atoms with Crippen molar-refractivity contribution >= 4 is 29.1 Å². The second kappa shape index (κ2) is 6.75. The lowest BCUT2D eigenvalue weighted by atomic mass is 9.97. The molecule has 1 fully saturated rings. The number of carbonyl (C=O) groups excluding carboxylic acids is 1. The van der Waals surface area contributed by atoms with Gasteiger partial charge in [0, 0.05) is 36.2 Å². The van der Waals surface area contributed by atoms with E-state index in [1.165, 1.54) is 0 Å². The van der Waals surface area contributed by atoms with Crippen LogP contribution in [0.5, 0.6) is 0 Å². The Bertz CT molecular complexity index is 650. The summed E-state index contributed by atoms with van der Waals surface area (Å²) < 4.78 is 0. The Hall–Kier alpha value is -2.14. The van der Waals surface area contributed by atoms with Crippen LogP contribution < -0.4 is 10.2 Å². The van der Waals surface area contributed by atoms with Gasteiger partial charge in [-0.25, -0.2) is 9.97 Å². The molecule has 0 radical (unpaired) electrons. The second-order valence-corrected chi connectivity index (χ2v) is 5.77. The van der Waals surface area contributed by atoms with Gasteiger partial charge in [0.1, 0.15) is 0 Å². The van der Waals surface area contributed by atoms with E-state index < -0.39 is 0 Å². The first-order chi connectivity index (χ1) is 10.7. The number of amides is 1. The van der Waals surface area contributed by atoms with E-state index in [2.05, 4.69) is 20.2 Å². The molecule has 0 aliphatic carbocycles. The summed E-state index contributed by atoms with van der Waals surface area (Å²) in [6.45, 7) is 1.52. The molecule has 1 aromatic heterocycles. The fourth-order valence-corrected chi connectivity index (χ4v) is 2.83. The molecule has 6 heteroatoms. The van der Waals surface area contributed by atoms with Crippen molar-refractivity contribution in [1.29, 1.82) is 0 Å². The normalized spacial score (nSPS) is 18.0. The smallest absolute Gasteiger partial charge is 0.229 e. The molecule has 3 rings (SSSR count). The van der Waals surface area contributed by atoms with Crippen molar-refractivity contribution in [3.05, 3.63) is 47.7 Å². The largest absolute Gasteiger partial charge is 0.340 e. The Balaban J connectivity index is 1.65. The maximum absolute atomic E-state index is 12.4. The van der Waals surface area contributed by atoms with Gasteiger partial charge in [0.05, 0.1) is 5.92 Å². The molecule has 1 N–H and O–H groups in total. The van der Waals surface area contributed by atoms with Gasteiger partial charge >= 0.3 is 0 Å². The summed E-state index contributed by atoms with van der Waals surface area (Å²) in [4.78, 5) is 23.0. The summed E-state index contributed by atoms with van der Waals surface area (Å²) in [6.07, 6.45) is 5.26. The molecule has 1 saturated heterocycles. The number of halogens is 1. The molecule has 1 aliphatic rings. The van der Waals surface area contributed by atoms with E-state index in [9.17, 15) is 4.79 Å². The molecule has 2 aromatic rings. The van der Waals surface area contributed by atoms with Crippen molar-refractivity contribution in [2.75, 3.05) is 23.3 Å². The first-order valence-electron chi connectivity index (χ1n) is 7.31. The molecule has 0 spiro atoms. The zero-order valence-electron chi connectivity index (χ0n) is 12.1. The lowest BCUT2D eigenvalue weighted by molar-refractivity contribution is -0.120. The maximum atomic E-state index is 12.4. The van der Waals surface area contributed by atoms with Crippen molar-refractivity contribution in [2.45, 2.75) is 12.8 Å². The molecular weight excluding hydrogens is 300 g/mol. The Morgan fingerprint density at radius 1 is 1.27 bits per heavy atom. The highest BCUT2D eigenvalue weighted by molar-refractivity contribution is 6.30. The molecule has 1 amide bonds. The van der Waals surface area contributed by atoms with Gasteiger partial charge in [-0.3, -0.25) is 4.79 Å². The van der Waals surface area contributed by atoms with E-state index in [0.717, 1.165) is 25.1 Å². The lowest BCUT2D eigenvalue weighted by Crippen LogP contribution is -2.41. The summed E-state index contributed by atoms with van der Waals surface area (Å²) in [5, 5.41) is 3.55. The van der Waals surface area contributed by atoms with Crippen LogP contribution in [0.1, 0.15) is 12.8 Å². The predicted molar refractivity (Wildman–Crippen MR) is 87.1 cm³/mol. The van der Waals surface area contributed by atoms with Gasteiger partial charge in [-0.2, -0.15) is 0 Å². The van der Waals surface area contributed by atoms with Crippen molar-refractivity contribution in [3.8, 4) is 0 Å². The Morgan fingerprint density at radius 2 is 2.09 bits per heavy atom. The van der Waals surface area contributed by atoms with Crippen LogP contribution in [0.3, 0.4) is 0 Å². The minimum absolute atomic E-state index is 0.0166. The fourth-order valence-electron chi connectivity index (χ4n) is 2.64. The lowest BCUT2D eigenvalue weighted by Gasteiger charge is -2.31. The molecular formula is C16H17ClN4O. The van der Waals surface area contributed by atoms with Crippen LogP contribution >= 0.6 is 11.6 Å². The van der Waals surface area contributed by atoms with Crippen LogP contribution in [-0.2, 0) is 4.79 Å². The first-order valence-corrected chi connectivity index (χ1v) is 7.68. The molecule has 22 heavy (non-hydrogen) atoms. The van der Waals surface area contributed by atoms with Gasteiger partial charge in [-0.1, -0.05) is 17.7 Å². The number of rotatable bonds is 3. The van der Waals surface area contributed by atoms with Gasteiger partial charge < -0.3 is 10.2 Å². The summed E-state index contributed by atoms with van der Waals surface area (Å²) in [5.41, 5.74) is 0.727. The molecule has 2 heterocycles. The van der Waals surface area contributed by atoms with Gasteiger partial charge in [-0.15, -0.1) is 0 Å². The standard InChI is InChI=1S/C16H17ClN4O/c17-13-5-1-6-14(10-13)20-15(22)12-4-2-9-21(11-12)16-18-7-3-8-19-16/h1,3,5-8,10,12H,2,4,9,11H2,(H,20,22)/t12-/m1/s1. The summed E-state index contributed by atoms with van der Waals surface area (Å²) in [7, 11) is 0. The molecule has 0 saturated carbocycles. The van der Waals surface area contributed by atoms with Crippen molar-refractivity contribution in [3.63, 3.8) is 0 Å². The number of piperidine rings is 1. The average Bonchev–Trinajstić information content (AvgIpc) is 2.56. The van der Waals surface area contributed by atoms with Gasteiger partial charge in [0.25, 0.3) is 0 Å². The summed E-state index contributed by atoms with van der Waals surface area (Å²) in [6, 6.07) is 8.98. The van der Waals surface area contributed by atoms with Gasteiger partial charge in [0.15, 0.2) is 0 Å². The van der Waals surface area contributed by atoms with E-state index in [-0.39, 0.29) is 11.8 Å². The average molecular weight is 317 g/mol.